The lowest BCUT2D eigenvalue weighted by atomic mass is 9.92. The summed E-state index contributed by atoms with van der Waals surface area (Å²) in [5.41, 5.74) is 0.557. The standard InChI is InChI=1S/C23H28N6O4/c1-31-18-8-7-17(16-20(18)32-2)29-22(24-25-26-29)23(9-3-4-10-23)28-13-11-27(12-14-28)21(30)19-6-5-15-33-19/h5-8,15-16H,3-4,9-14H2,1-2H3. The smallest absolute Gasteiger partial charge is 0.289 e. The van der Waals surface area contributed by atoms with Crippen molar-refractivity contribution >= 4 is 5.91 Å². The predicted molar refractivity (Wildman–Crippen MR) is 119 cm³/mol. The molecular formula is C23H28N6O4. The first-order chi connectivity index (χ1) is 16.2. The molecule has 0 bridgehead atoms. The zero-order valence-electron chi connectivity index (χ0n) is 18.9. The predicted octanol–water partition coefficient (Wildman–Crippen LogP) is 2.50. The second kappa shape index (κ2) is 8.86. The Bertz CT molecular complexity index is 1100. The summed E-state index contributed by atoms with van der Waals surface area (Å²) in [6, 6.07) is 9.14. The van der Waals surface area contributed by atoms with Crippen LogP contribution in [0.1, 0.15) is 42.1 Å². The van der Waals surface area contributed by atoms with Gasteiger partial charge in [-0.25, -0.2) is 0 Å². The molecule has 174 valence electrons. The Morgan fingerprint density at radius 2 is 1.79 bits per heavy atom. The number of rotatable bonds is 6. The Balaban J connectivity index is 1.41. The van der Waals surface area contributed by atoms with Crippen LogP contribution in [-0.4, -0.2) is 76.3 Å². The van der Waals surface area contributed by atoms with Crippen molar-refractivity contribution in [3.8, 4) is 17.2 Å². The van der Waals surface area contributed by atoms with Crippen LogP contribution >= 0.6 is 0 Å². The van der Waals surface area contributed by atoms with E-state index in [0.717, 1.165) is 50.3 Å². The number of nitrogens with zero attached hydrogens (tertiary/aromatic N) is 6. The number of benzene rings is 1. The van der Waals surface area contributed by atoms with E-state index in [4.69, 9.17) is 13.9 Å². The first-order valence-corrected chi connectivity index (χ1v) is 11.3. The van der Waals surface area contributed by atoms with Crippen molar-refractivity contribution in [2.75, 3.05) is 40.4 Å². The molecule has 0 unspecified atom stereocenters. The van der Waals surface area contributed by atoms with E-state index in [-0.39, 0.29) is 11.4 Å². The summed E-state index contributed by atoms with van der Waals surface area (Å²) in [7, 11) is 3.23. The van der Waals surface area contributed by atoms with E-state index in [1.54, 1.807) is 26.4 Å². The molecule has 0 radical (unpaired) electrons. The number of methoxy groups -OCH3 is 2. The summed E-state index contributed by atoms with van der Waals surface area (Å²) in [5.74, 6) is 2.44. The summed E-state index contributed by atoms with van der Waals surface area (Å²) in [4.78, 5) is 17.0. The van der Waals surface area contributed by atoms with Gasteiger partial charge >= 0.3 is 0 Å². The van der Waals surface area contributed by atoms with Gasteiger partial charge in [-0.3, -0.25) is 9.69 Å². The highest BCUT2D eigenvalue weighted by atomic mass is 16.5. The molecule has 33 heavy (non-hydrogen) atoms. The third-order valence-electron chi connectivity index (χ3n) is 6.83. The summed E-state index contributed by atoms with van der Waals surface area (Å²) >= 11 is 0. The molecule has 0 atom stereocenters. The first kappa shape index (κ1) is 21.4. The van der Waals surface area contributed by atoms with Gasteiger partial charge in [0, 0.05) is 32.2 Å². The average Bonchev–Trinajstić information content (AvgIpc) is 3.64. The number of hydrogen-bond acceptors (Lipinski definition) is 8. The maximum absolute atomic E-state index is 12.7. The molecule has 2 aromatic heterocycles. The van der Waals surface area contributed by atoms with E-state index < -0.39 is 0 Å². The molecule has 2 aliphatic rings. The summed E-state index contributed by atoms with van der Waals surface area (Å²) in [6.45, 7) is 2.79. The molecule has 1 saturated heterocycles. The quantitative estimate of drug-likeness (QED) is 0.563. The molecule has 1 amide bonds. The number of amides is 1. The fourth-order valence-electron chi connectivity index (χ4n) is 5.14. The van der Waals surface area contributed by atoms with Gasteiger partial charge in [-0.1, -0.05) is 12.8 Å². The molecule has 0 N–H and O–H groups in total. The third-order valence-corrected chi connectivity index (χ3v) is 6.83. The minimum absolute atomic E-state index is 0.0599. The number of carbonyl (C=O) groups is 1. The van der Waals surface area contributed by atoms with E-state index >= 15 is 0 Å². The number of aromatic nitrogens is 4. The third kappa shape index (κ3) is 3.74. The van der Waals surface area contributed by atoms with E-state index in [2.05, 4.69) is 20.4 Å². The topological polar surface area (TPSA) is 98.8 Å². The SMILES string of the molecule is COc1ccc(-n2nnnc2C2(N3CCN(C(=O)c4ccco4)CC3)CCCC2)cc1OC. The Morgan fingerprint density at radius 3 is 2.45 bits per heavy atom. The van der Waals surface area contributed by atoms with Crippen LogP contribution < -0.4 is 9.47 Å². The molecule has 2 fully saturated rings. The highest BCUT2D eigenvalue weighted by Crippen LogP contribution is 2.44. The van der Waals surface area contributed by atoms with Gasteiger partial charge in [0.2, 0.25) is 0 Å². The Hall–Kier alpha value is -3.40. The molecule has 1 saturated carbocycles. The molecule has 3 heterocycles. The van der Waals surface area contributed by atoms with Crippen LogP contribution in [0.15, 0.2) is 41.0 Å². The zero-order valence-corrected chi connectivity index (χ0v) is 18.9. The van der Waals surface area contributed by atoms with Crippen molar-refractivity contribution < 1.29 is 18.7 Å². The van der Waals surface area contributed by atoms with Gasteiger partial charge in [0.05, 0.1) is 31.7 Å². The van der Waals surface area contributed by atoms with Crippen LogP contribution in [0, 0.1) is 0 Å². The van der Waals surface area contributed by atoms with Gasteiger partial charge in [0.25, 0.3) is 5.91 Å². The molecular weight excluding hydrogens is 424 g/mol. The van der Waals surface area contributed by atoms with Gasteiger partial charge in [0.1, 0.15) is 0 Å². The molecule has 1 aliphatic carbocycles. The fourth-order valence-corrected chi connectivity index (χ4v) is 5.14. The normalized spacial score (nSPS) is 18.4. The van der Waals surface area contributed by atoms with Crippen molar-refractivity contribution in [3.05, 3.63) is 48.2 Å². The maximum Gasteiger partial charge on any atom is 0.289 e. The molecule has 3 aromatic rings. The molecule has 10 heteroatoms. The summed E-state index contributed by atoms with van der Waals surface area (Å²) in [5, 5.41) is 12.9. The van der Waals surface area contributed by atoms with E-state index in [0.29, 0.717) is 30.3 Å². The average molecular weight is 453 g/mol. The number of hydrogen-bond donors (Lipinski definition) is 0. The van der Waals surface area contributed by atoms with Crippen LogP contribution in [0.2, 0.25) is 0 Å². The van der Waals surface area contributed by atoms with Crippen LogP contribution in [0.25, 0.3) is 5.69 Å². The second-order valence-electron chi connectivity index (χ2n) is 8.45. The van der Waals surface area contributed by atoms with Crippen molar-refractivity contribution in [2.45, 2.75) is 31.2 Å². The number of tetrazole rings is 1. The lowest BCUT2D eigenvalue weighted by Crippen LogP contribution is -2.56. The summed E-state index contributed by atoms with van der Waals surface area (Å²) < 4.78 is 18.0. The van der Waals surface area contributed by atoms with Crippen LogP contribution in [-0.2, 0) is 5.54 Å². The van der Waals surface area contributed by atoms with Gasteiger partial charge in [0.15, 0.2) is 23.1 Å². The second-order valence-corrected chi connectivity index (χ2v) is 8.45. The largest absolute Gasteiger partial charge is 0.493 e. The first-order valence-electron chi connectivity index (χ1n) is 11.3. The Labute approximate surface area is 192 Å². The fraction of sp³-hybridized carbons (Fsp3) is 0.478. The Morgan fingerprint density at radius 1 is 1.03 bits per heavy atom. The van der Waals surface area contributed by atoms with Crippen molar-refractivity contribution in [1.82, 2.24) is 30.0 Å². The molecule has 1 aliphatic heterocycles. The Kier molecular flexibility index (Phi) is 5.76. The van der Waals surface area contributed by atoms with Crippen molar-refractivity contribution in [3.63, 3.8) is 0 Å². The minimum atomic E-state index is -0.267. The maximum atomic E-state index is 12.7. The molecule has 1 aromatic carbocycles. The highest BCUT2D eigenvalue weighted by Gasteiger charge is 2.46. The van der Waals surface area contributed by atoms with E-state index in [1.165, 1.54) is 6.26 Å². The van der Waals surface area contributed by atoms with E-state index in [9.17, 15) is 4.79 Å². The van der Waals surface area contributed by atoms with E-state index in [1.807, 2.05) is 27.8 Å². The van der Waals surface area contributed by atoms with Gasteiger partial charge in [-0.2, -0.15) is 4.68 Å². The van der Waals surface area contributed by atoms with Gasteiger partial charge in [-0.15, -0.1) is 5.10 Å². The van der Waals surface area contributed by atoms with Crippen LogP contribution in [0.5, 0.6) is 11.5 Å². The van der Waals surface area contributed by atoms with Crippen molar-refractivity contribution in [1.29, 1.82) is 0 Å². The summed E-state index contributed by atoms with van der Waals surface area (Å²) in [6.07, 6.45) is 5.72. The number of carbonyl (C=O) groups excluding carboxylic acids is 1. The monoisotopic (exact) mass is 452 g/mol. The minimum Gasteiger partial charge on any atom is -0.493 e. The van der Waals surface area contributed by atoms with Gasteiger partial charge in [-0.05, 0) is 47.5 Å². The molecule has 5 rings (SSSR count). The van der Waals surface area contributed by atoms with Crippen molar-refractivity contribution in [2.24, 2.45) is 0 Å². The zero-order chi connectivity index (χ0) is 22.8. The lowest BCUT2D eigenvalue weighted by Gasteiger charge is -2.44. The number of furan rings is 1. The molecule has 0 spiro atoms. The molecule has 10 nitrogen and oxygen atoms in total. The van der Waals surface area contributed by atoms with Crippen LogP contribution in [0.4, 0.5) is 0 Å². The highest BCUT2D eigenvalue weighted by molar-refractivity contribution is 5.91. The number of piperazine rings is 1. The van der Waals surface area contributed by atoms with Crippen LogP contribution in [0.3, 0.4) is 0 Å². The van der Waals surface area contributed by atoms with Gasteiger partial charge < -0.3 is 18.8 Å². The lowest BCUT2D eigenvalue weighted by molar-refractivity contribution is 0.0215. The number of ether oxygens (including phenoxy) is 2.